The van der Waals surface area contributed by atoms with Crippen molar-refractivity contribution in [1.29, 1.82) is 0 Å². The van der Waals surface area contributed by atoms with Crippen molar-refractivity contribution in [3.05, 3.63) is 53.6 Å². The summed E-state index contributed by atoms with van der Waals surface area (Å²) in [5.41, 5.74) is 1.02. The minimum atomic E-state index is -3.77. The second kappa shape index (κ2) is 9.32. The molecule has 1 aliphatic rings. The average molecular weight is 452 g/mol. The minimum absolute atomic E-state index is 0.0289. The van der Waals surface area contributed by atoms with Gasteiger partial charge in [-0.2, -0.15) is 4.31 Å². The van der Waals surface area contributed by atoms with Gasteiger partial charge < -0.3 is 9.80 Å². The van der Waals surface area contributed by atoms with E-state index < -0.39 is 27.6 Å². The highest BCUT2D eigenvalue weighted by atomic mass is 32.2. The lowest BCUT2D eigenvalue weighted by Crippen LogP contribution is -2.32. The van der Waals surface area contributed by atoms with E-state index in [-0.39, 0.29) is 16.1 Å². The number of rotatable bonds is 7. The average Bonchev–Trinajstić information content (AvgIpc) is 3.29. The number of halogens is 2. The molecule has 6 nitrogen and oxygen atoms in total. The Morgan fingerprint density at radius 3 is 2.23 bits per heavy atom. The van der Waals surface area contributed by atoms with Gasteiger partial charge in [-0.05, 0) is 43.2 Å². The highest BCUT2D eigenvalue weighted by Crippen LogP contribution is 2.30. The minimum Gasteiger partial charge on any atom is -0.371 e. The second-order valence-corrected chi connectivity index (χ2v) is 9.36. The summed E-state index contributed by atoms with van der Waals surface area (Å²) >= 11 is 0. The van der Waals surface area contributed by atoms with Crippen LogP contribution in [0.5, 0.6) is 0 Å². The summed E-state index contributed by atoms with van der Waals surface area (Å²) in [4.78, 5) is 16.7. The molecule has 1 fully saturated rings. The molecule has 0 aromatic heterocycles. The van der Waals surface area contributed by atoms with E-state index in [0.29, 0.717) is 18.8 Å². The molecule has 0 unspecified atom stereocenters. The highest BCUT2D eigenvalue weighted by molar-refractivity contribution is 7.89. The van der Waals surface area contributed by atoms with Gasteiger partial charge in [-0.15, -0.1) is 0 Å². The molecule has 1 aliphatic heterocycles. The second-order valence-electron chi connectivity index (χ2n) is 7.43. The lowest BCUT2D eigenvalue weighted by atomic mass is 10.1. The number of anilines is 2. The van der Waals surface area contributed by atoms with Gasteiger partial charge in [0.25, 0.3) is 5.91 Å². The van der Waals surface area contributed by atoms with Gasteiger partial charge in [-0.1, -0.05) is 13.8 Å². The molecule has 168 valence electrons. The van der Waals surface area contributed by atoms with E-state index in [0.717, 1.165) is 38.1 Å². The van der Waals surface area contributed by atoms with E-state index in [2.05, 4.69) is 0 Å². The third-order valence-electron chi connectivity index (χ3n) is 5.58. The number of hydrogen-bond donors (Lipinski definition) is 0. The summed E-state index contributed by atoms with van der Waals surface area (Å²) < 4.78 is 54.4. The number of nitrogens with zero attached hydrogens (tertiary/aromatic N) is 3. The molecule has 3 rings (SSSR count). The van der Waals surface area contributed by atoms with E-state index in [4.69, 9.17) is 0 Å². The molecule has 0 atom stereocenters. The Morgan fingerprint density at radius 1 is 1.00 bits per heavy atom. The van der Waals surface area contributed by atoms with Crippen molar-refractivity contribution in [2.75, 3.05) is 43.0 Å². The lowest BCUT2D eigenvalue weighted by Gasteiger charge is -2.26. The first-order chi connectivity index (χ1) is 14.7. The van der Waals surface area contributed by atoms with Gasteiger partial charge in [0, 0.05) is 50.7 Å². The molecule has 0 saturated carbocycles. The Labute approximate surface area is 182 Å². The van der Waals surface area contributed by atoms with Crippen molar-refractivity contribution in [3.63, 3.8) is 0 Å². The number of carbonyl (C=O) groups is 1. The van der Waals surface area contributed by atoms with Crippen LogP contribution in [0.4, 0.5) is 20.2 Å². The molecule has 0 spiro atoms. The summed E-state index contributed by atoms with van der Waals surface area (Å²) in [5, 5.41) is 0. The molecule has 1 amide bonds. The predicted octanol–water partition coefficient (Wildman–Crippen LogP) is 3.87. The molecule has 31 heavy (non-hydrogen) atoms. The molecule has 9 heteroatoms. The summed E-state index contributed by atoms with van der Waals surface area (Å²) in [6.07, 6.45) is 1.96. The van der Waals surface area contributed by atoms with Crippen LogP contribution < -0.4 is 9.80 Å². The normalized spacial score (nSPS) is 14.3. The summed E-state index contributed by atoms with van der Waals surface area (Å²) in [6.45, 7) is 5.65. The fourth-order valence-electron chi connectivity index (χ4n) is 3.78. The molecule has 2 aromatic rings. The van der Waals surface area contributed by atoms with Crippen molar-refractivity contribution >= 4 is 27.3 Å². The highest BCUT2D eigenvalue weighted by Gasteiger charge is 2.28. The topological polar surface area (TPSA) is 60.9 Å². The smallest absolute Gasteiger partial charge is 0.260 e. The molecule has 1 heterocycles. The zero-order valence-corrected chi connectivity index (χ0v) is 18.8. The van der Waals surface area contributed by atoms with Crippen LogP contribution in [0.2, 0.25) is 0 Å². The third kappa shape index (κ3) is 4.57. The van der Waals surface area contributed by atoms with E-state index in [1.54, 1.807) is 19.9 Å². The molecule has 0 radical (unpaired) electrons. The monoisotopic (exact) mass is 451 g/mol. The molecular formula is C22H27F2N3O3S. The maximum Gasteiger partial charge on any atom is 0.260 e. The molecule has 2 aromatic carbocycles. The first-order valence-corrected chi connectivity index (χ1v) is 11.8. The molecule has 0 aliphatic carbocycles. The van der Waals surface area contributed by atoms with Crippen LogP contribution >= 0.6 is 0 Å². The first kappa shape index (κ1) is 23.1. The summed E-state index contributed by atoms with van der Waals surface area (Å²) in [5.74, 6) is -2.56. The number of hydrogen-bond acceptors (Lipinski definition) is 4. The van der Waals surface area contributed by atoms with Crippen LogP contribution in [0.25, 0.3) is 0 Å². The fourth-order valence-corrected chi connectivity index (χ4v) is 5.27. The van der Waals surface area contributed by atoms with Crippen molar-refractivity contribution < 1.29 is 22.0 Å². The Hall–Kier alpha value is -2.52. The number of carbonyl (C=O) groups excluding carboxylic acids is 1. The van der Waals surface area contributed by atoms with Crippen molar-refractivity contribution in [2.24, 2.45) is 0 Å². The zero-order valence-electron chi connectivity index (χ0n) is 17.9. The van der Waals surface area contributed by atoms with Gasteiger partial charge in [0.15, 0.2) is 11.6 Å². The Kier molecular flexibility index (Phi) is 6.96. The maximum atomic E-state index is 13.7. The van der Waals surface area contributed by atoms with Crippen LogP contribution in [0.1, 0.15) is 37.0 Å². The fraction of sp³-hybridized carbons (Fsp3) is 0.409. The van der Waals surface area contributed by atoms with Gasteiger partial charge >= 0.3 is 0 Å². The maximum absolute atomic E-state index is 13.7. The first-order valence-electron chi connectivity index (χ1n) is 10.3. The van der Waals surface area contributed by atoms with Crippen molar-refractivity contribution in [1.82, 2.24) is 4.31 Å². The lowest BCUT2D eigenvalue weighted by molar-refractivity contribution is 0.0993. The van der Waals surface area contributed by atoms with Crippen molar-refractivity contribution in [2.45, 2.75) is 31.6 Å². The number of sulfonamides is 1. The number of benzene rings is 2. The SMILES string of the molecule is CCN(CC)S(=O)(=O)c1ccc(N2CCCC2)c(C(=O)N(C)c2ccc(F)c(F)c2)c1. The van der Waals surface area contributed by atoms with Crippen LogP contribution in [0.15, 0.2) is 41.3 Å². The van der Waals surface area contributed by atoms with Crippen LogP contribution in [0, 0.1) is 11.6 Å². The standard InChI is InChI=1S/C22H27F2N3O3S/c1-4-27(5-2)31(29,30)17-9-11-21(26-12-6-7-13-26)18(15-17)22(28)25(3)16-8-10-19(23)20(24)14-16/h8-11,14-15H,4-7,12-13H2,1-3H3. The van der Waals surface area contributed by atoms with E-state index in [1.807, 2.05) is 4.90 Å². The molecule has 0 N–H and O–H groups in total. The van der Waals surface area contributed by atoms with Crippen LogP contribution in [-0.4, -0.2) is 51.9 Å². The molecule has 1 saturated heterocycles. The molecular weight excluding hydrogens is 424 g/mol. The van der Waals surface area contributed by atoms with Crippen LogP contribution in [0.3, 0.4) is 0 Å². The van der Waals surface area contributed by atoms with Crippen molar-refractivity contribution in [3.8, 4) is 0 Å². The molecule has 0 bridgehead atoms. The Balaban J connectivity index is 2.08. The third-order valence-corrected chi connectivity index (χ3v) is 7.63. The number of amides is 1. The Bertz CT molecular complexity index is 1070. The van der Waals surface area contributed by atoms with Gasteiger partial charge in [0.2, 0.25) is 10.0 Å². The van der Waals surface area contributed by atoms with E-state index >= 15 is 0 Å². The van der Waals surface area contributed by atoms with Gasteiger partial charge in [0.05, 0.1) is 10.5 Å². The largest absolute Gasteiger partial charge is 0.371 e. The summed E-state index contributed by atoms with van der Waals surface area (Å²) in [6, 6.07) is 7.78. The van der Waals surface area contributed by atoms with Gasteiger partial charge in [-0.3, -0.25) is 4.79 Å². The van der Waals surface area contributed by atoms with E-state index in [9.17, 15) is 22.0 Å². The van der Waals surface area contributed by atoms with E-state index in [1.165, 1.54) is 34.5 Å². The van der Waals surface area contributed by atoms with Gasteiger partial charge in [0.1, 0.15) is 0 Å². The van der Waals surface area contributed by atoms with Crippen LogP contribution in [-0.2, 0) is 10.0 Å². The quantitative estimate of drug-likeness (QED) is 0.641. The van der Waals surface area contributed by atoms with Gasteiger partial charge in [-0.25, -0.2) is 17.2 Å². The zero-order chi connectivity index (χ0) is 22.8. The Morgan fingerprint density at radius 2 is 1.65 bits per heavy atom. The summed E-state index contributed by atoms with van der Waals surface area (Å²) in [7, 11) is -2.31. The predicted molar refractivity (Wildman–Crippen MR) is 117 cm³/mol.